The molecule has 0 fully saturated rings. The van der Waals surface area contributed by atoms with E-state index in [4.69, 9.17) is 10.5 Å². The Labute approximate surface area is 147 Å². The van der Waals surface area contributed by atoms with Crippen LogP contribution < -0.4 is 15.8 Å². The SMILES string of the molecule is CCOc1cc(C(=O)N(C)C)ccc1NC(=O)c1cc(N)ccc1C. The van der Waals surface area contributed by atoms with E-state index in [0.29, 0.717) is 34.9 Å². The second-order valence-electron chi connectivity index (χ2n) is 5.87. The molecule has 0 radical (unpaired) electrons. The molecule has 0 saturated heterocycles. The summed E-state index contributed by atoms with van der Waals surface area (Å²) in [5.41, 5.74) is 8.61. The lowest BCUT2D eigenvalue weighted by atomic mass is 10.1. The van der Waals surface area contributed by atoms with E-state index >= 15 is 0 Å². The van der Waals surface area contributed by atoms with Gasteiger partial charge in [0.2, 0.25) is 0 Å². The van der Waals surface area contributed by atoms with Crippen molar-refractivity contribution >= 4 is 23.2 Å². The zero-order valence-electron chi connectivity index (χ0n) is 14.9. The first kappa shape index (κ1) is 18.3. The fraction of sp³-hybridized carbons (Fsp3) is 0.263. The van der Waals surface area contributed by atoms with Crippen molar-refractivity contribution in [3.63, 3.8) is 0 Å². The molecule has 132 valence electrons. The Kier molecular flexibility index (Phi) is 5.64. The van der Waals surface area contributed by atoms with Crippen molar-refractivity contribution < 1.29 is 14.3 Å². The number of rotatable bonds is 5. The van der Waals surface area contributed by atoms with Gasteiger partial charge in [-0.2, -0.15) is 0 Å². The van der Waals surface area contributed by atoms with Crippen molar-refractivity contribution in [2.45, 2.75) is 13.8 Å². The van der Waals surface area contributed by atoms with Gasteiger partial charge in [-0.3, -0.25) is 9.59 Å². The summed E-state index contributed by atoms with van der Waals surface area (Å²) in [5, 5.41) is 2.83. The number of carbonyl (C=O) groups is 2. The highest BCUT2D eigenvalue weighted by Gasteiger charge is 2.16. The molecule has 0 saturated carbocycles. The summed E-state index contributed by atoms with van der Waals surface area (Å²) in [4.78, 5) is 26.2. The van der Waals surface area contributed by atoms with Crippen LogP contribution in [0.15, 0.2) is 36.4 Å². The van der Waals surface area contributed by atoms with E-state index < -0.39 is 0 Å². The van der Waals surface area contributed by atoms with E-state index in [1.807, 2.05) is 13.8 Å². The maximum absolute atomic E-state index is 12.6. The predicted molar refractivity (Wildman–Crippen MR) is 99.2 cm³/mol. The number of nitrogens with one attached hydrogen (secondary N) is 1. The minimum Gasteiger partial charge on any atom is -0.492 e. The van der Waals surface area contributed by atoms with Crippen LogP contribution in [0.3, 0.4) is 0 Å². The van der Waals surface area contributed by atoms with Crippen LogP contribution in [0.2, 0.25) is 0 Å². The molecular weight excluding hydrogens is 318 g/mol. The Hall–Kier alpha value is -3.02. The number of aryl methyl sites for hydroxylation is 1. The number of anilines is 2. The van der Waals surface area contributed by atoms with Gasteiger partial charge in [-0.1, -0.05) is 6.07 Å². The molecule has 0 aliphatic rings. The molecule has 0 unspecified atom stereocenters. The summed E-state index contributed by atoms with van der Waals surface area (Å²) in [7, 11) is 3.36. The second kappa shape index (κ2) is 7.70. The van der Waals surface area contributed by atoms with Gasteiger partial charge in [0, 0.05) is 30.9 Å². The van der Waals surface area contributed by atoms with Crippen LogP contribution in [0, 0.1) is 6.92 Å². The number of hydrogen-bond acceptors (Lipinski definition) is 4. The third kappa shape index (κ3) is 4.29. The molecular formula is C19H23N3O3. The first-order valence-electron chi connectivity index (χ1n) is 7.99. The van der Waals surface area contributed by atoms with E-state index in [2.05, 4.69) is 5.32 Å². The summed E-state index contributed by atoms with van der Waals surface area (Å²) in [6.07, 6.45) is 0. The lowest BCUT2D eigenvalue weighted by Crippen LogP contribution is -2.22. The average molecular weight is 341 g/mol. The first-order valence-corrected chi connectivity index (χ1v) is 7.99. The Balaban J connectivity index is 2.33. The molecule has 0 atom stereocenters. The van der Waals surface area contributed by atoms with Gasteiger partial charge in [0.05, 0.1) is 12.3 Å². The largest absolute Gasteiger partial charge is 0.492 e. The maximum Gasteiger partial charge on any atom is 0.256 e. The third-order valence-electron chi connectivity index (χ3n) is 3.69. The summed E-state index contributed by atoms with van der Waals surface area (Å²) < 4.78 is 5.59. The minimum absolute atomic E-state index is 0.134. The number of hydrogen-bond donors (Lipinski definition) is 2. The smallest absolute Gasteiger partial charge is 0.256 e. The normalized spacial score (nSPS) is 10.2. The van der Waals surface area contributed by atoms with E-state index in [9.17, 15) is 9.59 Å². The predicted octanol–water partition coefficient (Wildman–Crippen LogP) is 2.93. The molecule has 2 aromatic carbocycles. The Morgan fingerprint density at radius 2 is 1.88 bits per heavy atom. The Bertz CT molecular complexity index is 800. The molecule has 3 N–H and O–H groups in total. The summed E-state index contributed by atoms with van der Waals surface area (Å²) in [6.45, 7) is 4.10. The van der Waals surface area contributed by atoms with Crippen LogP contribution in [-0.4, -0.2) is 37.4 Å². The van der Waals surface area contributed by atoms with Gasteiger partial charge in [0.25, 0.3) is 11.8 Å². The van der Waals surface area contributed by atoms with Crippen LogP contribution >= 0.6 is 0 Å². The van der Waals surface area contributed by atoms with Gasteiger partial charge in [0.15, 0.2) is 0 Å². The molecule has 25 heavy (non-hydrogen) atoms. The van der Waals surface area contributed by atoms with Crippen molar-refractivity contribution in [3.05, 3.63) is 53.1 Å². The Morgan fingerprint density at radius 3 is 2.52 bits per heavy atom. The van der Waals surface area contributed by atoms with Crippen molar-refractivity contribution in [2.24, 2.45) is 0 Å². The zero-order chi connectivity index (χ0) is 18.6. The molecule has 0 bridgehead atoms. The van der Waals surface area contributed by atoms with Crippen molar-refractivity contribution in [2.75, 3.05) is 31.8 Å². The molecule has 2 amide bonds. The third-order valence-corrected chi connectivity index (χ3v) is 3.69. The van der Waals surface area contributed by atoms with E-state index in [0.717, 1.165) is 5.56 Å². The topological polar surface area (TPSA) is 84.7 Å². The summed E-state index contributed by atoms with van der Waals surface area (Å²) in [5.74, 6) is 0.0352. The van der Waals surface area contributed by atoms with Crippen molar-refractivity contribution in [1.82, 2.24) is 4.90 Å². The monoisotopic (exact) mass is 341 g/mol. The molecule has 6 heteroatoms. The van der Waals surface area contributed by atoms with Crippen LogP contribution in [0.5, 0.6) is 5.75 Å². The maximum atomic E-state index is 12.6. The number of ether oxygens (including phenoxy) is 1. The fourth-order valence-electron chi connectivity index (χ4n) is 2.37. The molecule has 2 rings (SSSR count). The van der Waals surface area contributed by atoms with E-state index in [1.165, 1.54) is 4.90 Å². The molecule has 0 aliphatic carbocycles. The number of amides is 2. The van der Waals surface area contributed by atoms with Gasteiger partial charge in [-0.25, -0.2) is 0 Å². The Morgan fingerprint density at radius 1 is 1.16 bits per heavy atom. The summed E-state index contributed by atoms with van der Waals surface area (Å²) in [6, 6.07) is 10.1. The molecule has 0 heterocycles. The van der Waals surface area contributed by atoms with Crippen LogP contribution in [0.25, 0.3) is 0 Å². The van der Waals surface area contributed by atoms with Crippen molar-refractivity contribution in [3.8, 4) is 5.75 Å². The van der Waals surface area contributed by atoms with Gasteiger partial charge >= 0.3 is 0 Å². The van der Waals surface area contributed by atoms with Gasteiger partial charge in [0.1, 0.15) is 5.75 Å². The van der Waals surface area contributed by atoms with Gasteiger partial charge in [-0.15, -0.1) is 0 Å². The van der Waals surface area contributed by atoms with Gasteiger partial charge < -0.3 is 20.7 Å². The van der Waals surface area contributed by atoms with Gasteiger partial charge in [-0.05, 0) is 49.7 Å². The van der Waals surface area contributed by atoms with Crippen LogP contribution in [0.1, 0.15) is 33.2 Å². The highest BCUT2D eigenvalue weighted by Crippen LogP contribution is 2.27. The highest BCUT2D eigenvalue weighted by molar-refractivity contribution is 6.07. The molecule has 0 spiro atoms. The molecule has 6 nitrogen and oxygen atoms in total. The lowest BCUT2D eigenvalue weighted by molar-refractivity contribution is 0.0827. The minimum atomic E-state index is -0.280. The van der Waals surface area contributed by atoms with Crippen LogP contribution in [-0.2, 0) is 0 Å². The quantitative estimate of drug-likeness (QED) is 0.819. The summed E-state index contributed by atoms with van der Waals surface area (Å²) >= 11 is 0. The van der Waals surface area contributed by atoms with Crippen molar-refractivity contribution in [1.29, 1.82) is 0 Å². The number of carbonyl (C=O) groups excluding carboxylic acids is 2. The van der Waals surface area contributed by atoms with E-state index in [-0.39, 0.29) is 11.8 Å². The fourth-order valence-corrected chi connectivity index (χ4v) is 2.37. The molecule has 2 aromatic rings. The number of benzene rings is 2. The zero-order valence-corrected chi connectivity index (χ0v) is 14.9. The number of nitrogens with two attached hydrogens (primary N) is 1. The second-order valence-corrected chi connectivity index (χ2v) is 5.87. The standard InChI is InChI=1S/C19H23N3O3/c1-5-25-17-10-13(19(24)22(3)4)7-9-16(17)21-18(23)15-11-14(20)8-6-12(15)2/h6-11H,5,20H2,1-4H3,(H,21,23). The first-order chi connectivity index (χ1) is 11.8. The van der Waals surface area contributed by atoms with E-state index in [1.54, 1.807) is 50.5 Å². The average Bonchev–Trinajstić information content (AvgIpc) is 2.57. The van der Waals surface area contributed by atoms with Crippen LogP contribution in [0.4, 0.5) is 11.4 Å². The molecule has 0 aliphatic heterocycles. The number of nitrogen functional groups attached to an aromatic ring is 1. The highest BCUT2D eigenvalue weighted by atomic mass is 16.5. The lowest BCUT2D eigenvalue weighted by Gasteiger charge is -2.15. The molecule has 0 aromatic heterocycles. The number of nitrogens with zero attached hydrogens (tertiary/aromatic N) is 1.